The SMILES string of the molecule is CCCc1cc2c(cc1O)CCC1[C@@H]2CCC2(C)C(=O)C[C@@H](CCCC(=O)Nc3ccc4cn[nH]c4c3)[C@@H]12. The van der Waals surface area contributed by atoms with Crippen LogP contribution in [0.2, 0.25) is 0 Å². The molecule has 0 bridgehead atoms. The van der Waals surface area contributed by atoms with Crippen molar-refractivity contribution < 1.29 is 14.7 Å². The highest BCUT2D eigenvalue weighted by Gasteiger charge is 2.58. The van der Waals surface area contributed by atoms with E-state index in [9.17, 15) is 14.7 Å². The molecule has 200 valence electrons. The number of benzene rings is 2. The van der Waals surface area contributed by atoms with Crippen molar-refractivity contribution in [1.29, 1.82) is 0 Å². The number of rotatable bonds is 7. The van der Waals surface area contributed by atoms with Crippen LogP contribution in [0.3, 0.4) is 0 Å². The van der Waals surface area contributed by atoms with Gasteiger partial charge in [0.2, 0.25) is 5.91 Å². The van der Waals surface area contributed by atoms with Gasteiger partial charge in [-0.3, -0.25) is 14.7 Å². The second-order valence-corrected chi connectivity index (χ2v) is 12.2. The van der Waals surface area contributed by atoms with Crippen LogP contribution in [0, 0.1) is 23.2 Å². The predicted octanol–water partition coefficient (Wildman–Crippen LogP) is 6.68. The number of nitrogens with zero attached hydrogens (tertiary/aromatic N) is 1. The molecule has 0 aliphatic heterocycles. The molecule has 6 nitrogen and oxygen atoms in total. The third kappa shape index (κ3) is 4.32. The van der Waals surface area contributed by atoms with Crippen molar-refractivity contribution in [2.45, 2.75) is 84.0 Å². The molecule has 5 atom stereocenters. The number of hydrogen-bond acceptors (Lipinski definition) is 4. The van der Waals surface area contributed by atoms with E-state index in [0.717, 1.165) is 73.5 Å². The molecular formula is C32H39N3O3. The zero-order valence-electron chi connectivity index (χ0n) is 22.6. The molecule has 0 radical (unpaired) electrons. The van der Waals surface area contributed by atoms with Gasteiger partial charge in [-0.25, -0.2) is 0 Å². The number of H-pyrrole nitrogens is 1. The van der Waals surface area contributed by atoms with E-state index in [-0.39, 0.29) is 11.3 Å². The lowest BCUT2D eigenvalue weighted by molar-refractivity contribution is -0.129. The molecule has 6 rings (SSSR count). The third-order valence-corrected chi connectivity index (χ3v) is 9.99. The minimum atomic E-state index is -0.228. The van der Waals surface area contributed by atoms with Gasteiger partial charge in [0.15, 0.2) is 0 Å². The van der Waals surface area contributed by atoms with Crippen LogP contribution in [-0.4, -0.2) is 27.0 Å². The van der Waals surface area contributed by atoms with Crippen molar-refractivity contribution in [3.05, 3.63) is 53.2 Å². The van der Waals surface area contributed by atoms with Gasteiger partial charge in [-0.15, -0.1) is 0 Å². The van der Waals surface area contributed by atoms with Crippen molar-refractivity contribution in [2.24, 2.45) is 23.2 Å². The Hall–Kier alpha value is -3.15. The maximum Gasteiger partial charge on any atom is 0.224 e. The standard InChI is InChI=1S/C32H39N3O3/c1-3-5-20-14-26-19(15-28(20)36)9-11-25-24(26)12-13-32(2)29(37)16-21(31(25)32)6-4-7-30(38)34-23-10-8-22-18-33-35-27(22)17-23/h8,10,14-15,17-18,21,24-25,31,36H,3-7,9,11-13,16H2,1-2H3,(H,33,35)(H,34,38)/t21-,24+,25?,31+,32?/m1/s1. The van der Waals surface area contributed by atoms with Crippen molar-refractivity contribution in [2.75, 3.05) is 5.32 Å². The Morgan fingerprint density at radius 1 is 1.24 bits per heavy atom. The monoisotopic (exact) mass is 513 g/mol. The van der Waals surface area contributed by atoms with E-state index >= 15 is 0 Å². The fourth-order valence-corrected chi connectivity index (χ4v) is 8.21. The molecule has 6 heteroatoms. The molecule has 38 heavy (non-hydrogen) atoms. The smallest absolute Gasteiger partial charge is 0.224 e. The van der Waals surface area contributed by atoms with Gasteiger partial charge in [0, 0.05) is 29.3 Å². The Morgan fingerprint density at radius 3 is 2.95 bits per heavy atom. The lowest BCUT2D eigenvalue weighted by Gasteiger charge is -2.50. The molecule has 2 unspecified atom stereocenters. The molecule has 3 N–H and O–H groups in total. The average molecular weight is 514 g/mol. The molecular weight excluding hydrogens is 474 g/mol. The summed E-state index contributed by atoms with van der Waals surface area (Å²) in [5.41, 5.74) is 5.25. The highest BCUT2D eigenvalue weighted by Crippen LogP contribution is 2.62. The lowest BCUT2D eigenvalue weighted by Crippen LogP contribution is -2.44. The summed E-state index contributed by atoms with van der Waals surface area (Å²) in [5, 5.41) is 21.6. The first-order valence-corrected chi connectivity index (χ1v) is 14.5. The van der Waals surface area contributed by atoms with Gasteiger partial charge >= 0.3 is 0 Å². The number of Topliss-reactive ketones (excluding diaryl/α,β-unsaturated/α-hetero) is 1. The van der Waals surface area contributed by atoms with E-state index in [1.54, 1.807) is 6.20 Å². The first-order valence-electron chi connectivity index (χ1n) is 14.5. The molecule has 2 aromatic carbocycles. The van der Waals surface area contributed by atoms with Gasteiger partial charge in [0.25, 0.3) is 0 Å². The highest BCUT2D eigenvalue weighted by molar-refractivity contribution is 5.93. The summed E-state index contributed by atoms with van der Waals surface area (Å²) in [4.78, 5) is 26.1. The number of anilines is 1. The van der Waals surface area contributed by atoms with Gasteiger partial charge in [-0.2, -0.15) is 5.10 Å². The summed E-state index contributed by atoms with van der Waals surface area (Å²) in [5.74, 6) is 2.62. The molecule has 1 amide bonds. The van der Waals surface area contributed by atoms with Crippen LogP contribution in [0.4, 0.5) is 5.69 Å². The zero-order chi connectivity index (χ0) is 26.4. The number of phenolic OH excluding ortho intramolecular Hbond substituents is 1. The maximum absolute atomic E-state index is 13.3. The largest absolute Gasteiger partial charge is 0.508 e. The van der Waals surface area contributed by atoms with Crippen LogP contribution >= 0.6 is 0 Å². The first-order chi connectivity index (χ1) is 18.4. The van der Waals surface area contributed by atoms with Gasteiger partial charge in [0.05, 0.1) is 11.7 Å². The van der Waals surface area contributed by atoms with Crippen LogP contribution in [0.15, 0.2) is 36.5 Å². The summed E-state index contributed by atoms with van der Waals surface area (Å²) in [6.45, 7) is 4.38. The highest BCUT2D eigenvalue weighted by atomic mass is 16.3. The number of amides is 1. The number of nitrogens with one attached hydrogen (secondary N) is 2. The van der Waals surface area contributed by atoms with Gasteiger partial charge < -0.3 is 10.4 Å². The van der Waals surface area contributed by atoms with Crippen molar-refractivity contribution in [3.8, 4) is 5.75 Å². The molecule has 0 saturated heterocycles. The maximum atomic E-state index is 13.3. The number of carbonyl (C=O) groups is 2. The second-order valence-electron chi connectivity index (χ2n) is 12.2. The molecule has 3 aliphatic carbocycles. The fourth-order valence-electron chi connectivity index (χ4n) is 8.21. The third-order valence-electron chi connectivity index (χ3n) is 9.99. The average Bonchev–Trinajstić information content (AvgIpc) is 3.46. The quantitative estimate of drug-likeness (QED) is 0.328. The Bertz CT molecular complexity index is 1380. The van der Waals surface area contributed by atoms with Gasteiger partial charge in [-0.05, 0) is 110 Å². The topological polar surface area (TPSA) is 95.1 Å². The van der Waals surface area contributed by atoms with Gasteiger partial charge in [-0.1, -0.05) is 26.3 Å². The van der Waals surface area contributed by atoms with E-state index < -0.39 is 0 Å². The van der Waals surface area contributed by atoms with E-state index in [4.69, 9.17) is 0 Å². The summed E-state index contributed by atoms with van der Waals surface area (Å²) >= 11 is 0. The Kier molecular flexibility index (Phi) is 6.53. The zero-order valence-corrected chi connectivity index (χ0v) is 22.6. The number of fused-ring (bicyclic) bond motifs is 6. The molecule has 1 aromatic heterocycles. The summed E-state index contributed by atoms with van der Waals surface area (Å²) in [6, 6.07) is 10.1. The number of phenols is 1. The summed E-state index contributed by atoms with van der Waals surface area (Å²) in [6.07, 6.45) is 10.6. The molecule has 3 aromatic rings. The summed E-state index contributed by atoms with van der Waals surface area (Å²) in [7, 11) is 0. The minimum Gasteiger partial charge on any atom is -0.508 e. The van der Waals surface area contributed by atoms with E-state index in [1.165, 1.54) is 11.1 Å². The molecule has 3 aliphatic rings. The minimum absolute atomic E-state index is 0.0207. The summed E-state index contributed by atoms with van der Waals surface area (Å²) < 4.78 is 0. The molecule has 2 saturated carbocycles. The number of aromatic nitrogens is 2. The van der Waals surface area contributed by atoms with Gasteiger partial charge in [0.1, 0.15) is 11.5 Å². The second kappa shape index (κ2) is 9.87. The Morgan fingerprint density at radius 2 is 2.11 bits per heavy atom. The molecule has 2 fully saturated rings. The number of aromatic amines is 1. The van der Waals surface area contributed by atoms with Crippen LogP contribution in [0.25, 0.3) is 10.9 Å². The molecule has 1 heterocycles. The van der Waals surface area contributed by atoms with Crippen LogP contribution in [-0.2, 0) is 22.4 Å². The van der Waals surface area contributed by atoms with E-state index in [1.807, 2.05) is 24.3 Å². The van der Waals surface area contributed by atoms with E-state index in [2.05, 4.69) is 35.4 Å². The van der Waals surface area contributed by atoms with Crippen molar-refractivity contribution in [3.63, 3.8) is 0 Å². The Balaban J connectivity index is 1.14. The number of hydrogen-bond donors (Lipinski definition) is 3. The predicted molar refractivity (Wildman–Crippen MR) is 149 cm³/mol. The number of ketones is 1. The first kappa shape index (κ1) is 25.1. The van der Waals surface area contributed by atoms with Crippen molar-refractivity contribution >= 4 is 28.3 Å². The number of aryl methyl sites for hydroxylation is 2. The van der Waals surface area contributed by atoms with Crippen LogP contribution in [0.1, 0.15) is 87.8 Å². The Labute approximate surface area is 224 Å². The van der Waals surface area contributed by atoms with E-state index in [0.29, 0.717) is 48.0 Å². The van der Waals surface area contributed by atoms with Crippen LogP contribution in [0.5, 0.6) is 5.75 Å². The normalized spacial score (nSPS) is 28.1. The number of carbonyl (C=O) groups excluding carboxylic acids is 2. The van der Waals surface area contributed by atoms with Crippen LogP contribution < -0.4 is 5.32 Å². The van der Waals surface area contributed by atoms with Crippen molar-refractivity contribution in [1.82, 2.24) is 10.2 Å². The molecule has 0 spiro atoms. The fraction of sp³-hybridized carbons (Fsp3) is 0.531. The number of aromatic hydroxyl groups is 1. The lowest BCUT2D eigenvalue weighted by atomic mass is 9.54.